The first-order chi connectivity index (χ1) is 12.3. The number of halogens is 4. The molecule has 2 bridgehead atoms. The highest BCUT2D eigenvalue weighted by Crippen LogP contribution is 2.48. The van der Waals surface area contributed by atoms with E-state index in [4.69, 9.17) is 0 Å². The van der Waals surface area contributed by atoms with Crippen molar-refractivity contribution in [3.05, 3.63) is 0 Å². The number of rotatable bonds is 8. The Morgan fingerprint density at radius 3 is 0.750 bits per heavy atom. The Morgan fingerprint density at radius 1 is 0.429 bits per heavy atom. The van der Waals surface area contributed by atoms with E-state index < -0.39 is 79.0 Å². The Balaban J connectivity index is 2.75. The van der Waals surface area contributed by atoms with Gasteiger partial charge in [-0.2, -0.15) is 55.9 Å². The van der Waals surface area contributed by atoms with Crippen molar-refractivity contribution in [2.24, 2.45) is 0 Å². The Kier molecular flexibility index (Phi) is 6.65. The van der Waals surface area contributed by atoms with Gasteiger partial charge in [-0.1, -0.05) is 0 Å². The van der Waals surface area contributed by atoms with Crippen molar-refractivity contribution in [2.75, 3.05) is 26.2 Å². The lowest BCUT2D eigenvalue weighted by Crippen LogP contribution is -2.91. The van der Waals surface area contributed by atoms with E-state index in [1.165, 1.54) is 0 Å². The molecule has 18 nitrogen and oxygen atoms in total. The van der Waals surface area contributed by atoms with E-state index in [1.54, 1.807) is 0 Å². The molecule has 0 atom stereocenters. The molecule has 0 radical (unpaired) electrons. The molecule has 0 amide bonds. The highest BCUT2D eigenvalue weighted by molar-refractivity contribution is 4.97. The van der Waals surface area contributed by atoms with Crippen LogP contribution in [0, 0.1) is 41.0 Å². The number of piperazine rings is 3. The molecule has 166 valence electrons. The molecule has 3 saturated heterocycles. The van der Waals surface area contributed by atoms with Gasteiger partial charge < -0.3 is 0 Å². The van der Waals surface area contributed by atoms with Gasteiger partial charge in [-0.25, -0.2) is 9.80 Å². The lowest BCUT2D eigenvalue weighted by atomic mass is 10.1. The van der Waals surface area contributed by atoms with Gasteiger partial charge in [0.1, 0.15) is 17.2 Å². The van der Waals surface area contributed by atoms with Crippen molar-refractivity contribution in [1.29, 1.82) is 0 Å². The van der Waals surface area contributed by atoms with Gasteiger partial charge >= 0.3 is 11.8 Å². The van der Waals surface area contributed by atoms with Gasteiger partial charge in [-0.15, -0.1) is 0 Å². The summed E-state index contributed by atoms with van der Waals surface area (Å²) in [4.78, 5) is 0.554. The first-order valence-electron chi connectivity index (χ1n) is 6.25. The molecule has 3 aliphatic rings. The molecule has 0 saturated carbocycles. The van der Waals surface area contributed by atoms with E-state index >= 15 is 0 Å². The lowest BCUT2D eigenvalue weighted by Gasteiger charge is -2.49. The van der Waals surface area contributed by atoms with Crippen molar-refractivity contribution >= 4 is 0 Å². The molecule has 0 N–H and O–H groups in total. The maximum absolute atomic E-state index is 11.1. The standard InChI is InChI=1S/C6H8Cl4N2O16/c13-7(14,15)25-5(26-8(16,17)18)6(27-9(19,20)21,28-10(22,23)24)12-2-1-11(5)3-4-12/h1-4H2. The van der Waals surface area contributed by atoms with Crippen LogP contribution in [0.5, 0.6) is 0 Å². The Hall–Kier alpha value is 0.440. The van der Waals surface area contributed by atoms with Gasteiger partial charge in [0.2, 0.25) is 0 Å². The fourth-order valence-electron chi connectivity index (χ4n) is 2.62. The summed E-state index contributed by atoms with van der Waals surface area (Å²) in [6, 6.07) is 0. The third-order valence-corrected chi connectivity index (χ3v) is 4.90. The van der Waals surface area contributed by atoms with Gasteiger partial charge in [-0.3, -0.25) is 0 Å². The topological polar surface area (TPSA) is 320 Å². The van der Waals surface area contributed by atoms with Gasteiger partial charge in [0.15, 0.2) is 0 Å². The van der Waals surface area contributed by atoms with Crippen LogP contribution in [0.4, 0.5) is 0 Å². The summed E-state index contributed by atoms with van der Waals surface area (Å²) < 4.78 is 148. The van der Waals surface area contributed by atoms with Crippen LogP contribution in [0.2, 0.25) is 0 Å². The second kappa shape index (κ2) is 7.54. The molecule has 0 aliphatic carbocycles. The van der Waals surface area contributed by atoms with Crippen molar-refractivity contribution in [2.45, 2.75) is 11.8 Å². The van der Waals surface area contributed by atoms with E-state index in [0.717, 1.165) is 0 Å². The zero-order valence-electron chi connectivity index (χ0n) is 12.8. The fraction of sp³-hybridized carbons (Fsp3) is 1.00. The predicted octanol–water partition coefficient (Wildman–Crippen LogP) is -15.4. The minimum Gasteiger partial charge on any atom is -0.214 e. The highest BCUT2D eigenvalue weighted by Gasteiger charge is 2.97. The minimum absolute atomic E-state index is 0.277. The molecule has 3 rings (SSSR count). The van der Waals surface area contributed by atoms with E-state index in [9.17, 15) is 55.9 Å². The molecule has 22 heteroatoms. The minimum atomic E-state index is -5.85. The number of fused-ring (bicyclic) bond motifs is 3. The monoisotopic (exact) mass is 504 g/mol. The zero-order chi connectivity index (χ0) is 21.8. The average Bonchev–Trinajstić information content (AvgIpc) is 2.37. The molecule has 0 aromatic heterocycles. The van der Waals surface area contributed by atoms with E-state index in [1.807, 2.05) is 0 Å². The van der Waals surface area contributed by atoms with E-state index in [0.29, 0.717) is 0 Å². The summed E-state index contributed by atoms with van der Waals surface area (Å²) in [6.07, 6.45) is 0. The molecule has 0 aromatic carbocycles. The average molecular weight is 506 g/mol. The summed E-state index contributed by atoms with van der Waals surface area (Å²) in [5, 5.41) is 0. The molecular weight excluding hydrogens is 498 g/mol. The second-order valence-corrected chi connectivity index (χ2v) is 8.60. The van der Waals surface area contributed by atoms with Crippen LogP contribution in [-0.2, 0) is 17.2 Å². The quantitative estimate of drug-likeness (QED) is 0.276. The van der Waals surface area contributed by atoms with Crippen molar-refractivity contribution in [3.8, 4) is 0 Å². The SMILES string of the molecule is [O-][Cl+3]([O-])([O-])OC1(O[Cl+3]([O-])([O-])[O-])N2CCN(CC2)C1(O[Cl+3]([O-])([O-])[O-])O[Cl+3]([O-])([O-])[O-]. The zero-order valence-corrected chi connectivity index (χ0v) is 15.8. The van der Waals surface area contributed by atoms with Crippen molar-refractivity contribution in [3.63, 3.8) is 0 Å². The molecular formula is C6H8Cl4N2O16. The van der Waals surface area contributed by atoms with Crippen LogP contribution in [0.15, 0.2) is 0 Å². The predicted molar refractivity (Wildman–Crippen MR) is 32.9 cm³/mol. The number of nitrogens with zero attached hydrogens (tertiary/aromatic N) is 2. The van der Waals surface area contributed by atoms with Crippen LogP contribution < -0.4 is 55.9 Å². The summed E-state index contributed by atoms with van der Waals surface area (Å²) in [5.41, 5.74) is 0. The van der Waals surface area contributed by atoms with Crippen LogP contribution in [0.3, 0.4) is 0 Å². The maximum atomic E-state index is 11.1. The summed E-state index contributed by atoms with van der Waals surface area (Å²) >= 11 is 0. The number of hydrogen-bond acceptors (Lipinski definition) is 18. The summed E-state index contributed by atoms with van der Waals surface area (Å²) in [6.45, 7) is -2.29. The highest BCUT2D eigenvalue weighted by atomic mass is 35.7. The fourth-order valence-corrected chi connectivity index (χ4v) is 4.62. The first-order valence-corrected chi connectivity index (χ1v) is 11.2. The second-order valence-electron chi connectivity index (χ2n) is 4.96. The van der Waals surface area contributed by atoms with E-state index in [-0.39, 0.29) is 9.80 Å². The molecule has 3 heterocycles. The van der Waals surface area contributed by atoms with Crippen molar-refractivity contribution < 1.29 is 114 Å². The molecule has 0 spiro atoms. The van der Waals surface area contributed by atoms with Gasteiger partial charge in [0, 0.05) is 26.2 Å². The molecule has 3 aliphatic heterocycles. The van der Waals surface area contributed by atoms with Crippen LogP contribution in [-0.4, -0.2) is 47.8 Å². The largest absolute Gasteiger partial charge is 0.626 e. The third-order valence-electron chi connectivity index (χ3n) is 3.31. The van der Waals surface area contributed by atoms with Gasteiger partial charge in [-0.05, 0) is 0 Å². The molecule has 0 aromatic rings. The smallest absolute Gasteiger partial charge is 0.214 e. The van der Waals surface area contributed by atoms with E-state index in [2.05, 4.69) is 17.2 Å². The van der Waals surface area contributed by atoms with Crippen LogP contribution >= 0.6 is 0 Å². The van der Waals surface area contributed by atoms with Crippen molar-refractivity contribution in [1.82, 2.24) is 9.80 Å². The van der Waals surface area contributed by atoms with Crippen LogP contribution in [0.1, 0.15) is 0 Å². The van der Waals surface area contributed by atoms with Gasteiger partial charge in [0.25, 0.3) is 0 Å². The van der Waals surface area contributed by atoms with Crippen LogP contribution in [0.25, 0.3) is 0 Å². The summed E-state index contributed by atoms with van der Waals surface area (Å²) in [5.74, 6) is -8.38. The first kappa shape index (κ1) is 24.7. The summed E-state index contributed by atoms with van der Waals surface area (Å²) in [7, 11) is -23.4. The lowest BCUT2D eigenvalue weighted by molar-refractivity contribution is -1.95. The normalized spacial score (nSPS) is 27.9. The molecule has 0 unspecified atom stereocenters. The molecule has 28 heavy (non-hydrogen) atoms. The third kappa shape index (κ3) is 5.57. The Bertz CT molecular complexity index is 477. The Morgan fingerprint density at radius 2 is 0.607 bits per heavy atom. The van der Waals surface area contributed by atoms with Gasteiger partial charge in [0.05, 0.1) is 41.0 Å². The molecule has 3 fully saturated rings. The number of hydrogen-bond donors (Lipinski definition) is 0. The maximum Gasteiger partial charge on any atom is 0.626 e. The Labute approximate surface area is 162 Å².